The molecule has 0 spiro atoms. The molecular formula is C16H18N2O. The van der Waals surface area contributed by atoms with Crippen molar-refractivity contribution in [2.24, 2.45) is 0 Å². The van der Waals surface area contributed by atoms with Gasteiger partial charge in [-0.2, -0.15) is 0 Å². The normalized spacial score (nSPS) is 16.6. The van der Waals surface area contributed by atoms with Gasteiger partial charge in [0, 0.05) is 29.7 Å². The predicted octanol–water partition coefficient (Wildman–Crippen LogP) is 2.98. The van der Waals surface area contributed by atoms with Gasteiger partial charge in [0.25, 0.3) is 0 Å². The molecule has 3 rings (SSSR count). The van der Waals surface area contributed by atoms with Gasteiger partial charge in [0.15, 0.2) is 0 Å². The Labute approximate surface area is 112 Å². The van der Waals surface area contributed by atoms with Crippen LogP contribution in [0.15, 0.2) is 30.8 Å². The van der Waals surface area contributed by atoms with Crippen molar-refractivity contribution in [3.8, 4) is 0 Å². The number of aromatic nitrogens is 1. The number of aromatic amines is 1. The van der Waals surface area contributed by atoms with E-state index in [1.807, 2.05) is 11.0 Å². The fourth-order valence-corrected chi connectivity index (χ4v) is 2.85. The number of amides is 1. The fraction of sp³-hybridized carbons (Fsp3) is 0.312. The molecule has 1 aliphatic heterocycles. The number of nitrogens with one attached hydrogen (secondary N) is 1. The Balaban J connectivity index is 2.08. The van der Waals surface area contributed by atoms with Crippen molar-refractivity contribution in [1.82, 2.24) is 9.88 Å². The van der Waals surface area contributed by atoms with Gasteiger partial charge in [0.2, 0.25) is 6.41 Å². The third-order valence-electron chi connectivity index (χ3n) is 3.89. The number of carbonyl (C=O) groups is 1. The van der Waals surface area contributed by atoms with Gasteiger partial charge in [-0.1, -0.05) is 24.8 Å². The topological polar surface area (TPSA) is 36.1 Å². The maximum Gasteiger partial charge on any atom is 0.209 e. The molecule has 0 fully saturated rings. The molecule has 2 heterocycles. The first-order chi connectivity index (χ1) is 9.29. The first kappa shape index (κ1) is 12.0. The Bertz CT molecular complexity index is 627. The van der Waals surface area contributed by atoms with Gasteiger partial charge in [0.1, 0.15) is 0 Å². The first-order valence-corrected chi connectivity index (χ1v) is 6.76. The minimum Gasteiger partial charge on any atom is -0.355 e. The summed E-state index contributed by atoms with van der Waals surface area (Å²) in [5.74, 6) is 0. The third kappa shape index (κ3) is 2.16. The zero-order valence-corrected chi connectivity index (χ0v) is 11.0. The number of carbonyl (C=O) groups excluding carboxylic acids is 1. The summed E-state index contributed by atoms with van der Waals surface area (Å²) in [5.41, 5.74) is 4.79. The van der Waals surface area contributed by atoms with Crippen molar-refractivity contribution in [3.05, 3.63) is 42.1 Å². The van der Waals surface area contributed by atoms with E-state index in [9.17, 15) is 4.79 Å². The summed E-state index contributed by atoms with van der Waals surface area (Å²) in [6, 6.07) is 8.34. The lowest BCUT2D eigenvalue weighted by Crippen LogP contribution is -2.25. The SMILES string of the molecule is C=C1CCCN(C=O)CCc2c1[nH]c1ccccc21. The molecule has 0 atom stereocenters. The van der Waals surface area contributed by atoms with Crippen LogP contribution >= 0.6 is 0 Å². The van der Waals surface area contributed by atoms with Crippen LogP contribution in [0.5, 0.6) is 0 Å². The smallest absolute Gasteiger partial charge is 0.209 e. The molecule has 0 saturated heterocycles. The number of hydrogen-bond acceptors (Lipinski definition) is 1. The molecule has 0 aliphatic carbocycles. The summed E-state index contributed by atoms with van der Waals surface area (Å²) in [6.45, 7) is 5.81. The Morgan fingerprint density at radius 3 is 2.89 bits per heavy atom. The Morgan fingerprint density at radius 2 is 2.05 bits per heavy atom. The van der Waals surface area contributed by atoms with Crippen LogP contribution in [0.1, 0.15) is 24.1 Å². The molecule has 2 aromatic rings. The molecule has 1 amide bonds. The summed E-state index contributed by atoms with van der Waals surface area (Å²) >= 11 is 0. The molecule has 0 unspecified atom stereocenters. The second-order valence-corrected chi connectivity index (χ2v) is 5.12. The van der Waals surface area contributed by atoms with Crippen LogP contribution in [0.3, 0.4) is 0 Å². The lowest BCUT2D eigenvalue weighted by Gasteiger charge is -2.15. The van der Waals surface area contributed by atoms with E-state index in [-0.39, 0.29) is 0 Å². The van der Waals surface area contributed by atoms with E-state index >= 15 is 0 Å². The summed E-state index contributed by atoms with van der Waals surface area (Å²) in [5, 5.41) is 1.26. The lowest BCUT2D eigenvalue weighted by atomic mass is 10.0. The molecule has 1 aromatic carbocycles. The highest BCUT2D eigenvalue weighted by Crippen LogP contribution is 2.30. The van der Waals surface area contributed by atoms with Crippen molar-refractivity contribution in [2.45, 2.75) is 19.3 Å². The summed E-state index contributed by atoms with van der Waals surface area (Å²) in [6.07, 6.45) is 3.76. The predicted molar refractivity (Wildman–Crippen MR) is 77.9 cm³/mol. The molecule has 0 radical (unpaired) electrons. The maximum atomic E-state index is 11.0. The van der Waals surface area contributed by atoms with E-state index in [2.05, 4.69) is 29.8 Å². The Morgan fingerprint density at radius 1 is 1.21 bits per heavy atom. The molecule has 1 aromatic heterocycles. The molecule has 19 heavy (non-hydrogen) atoms. The molecule has 3 heteroatoms. The summed E-state index contributed by atoms with van der Waals surface area (Å²) in [4.78, 5) is 16.4. The molecule has 0 bridgehead atoms. The van der Waals surface area contributed by atoms with Crippen LogP contribution in [-0.4, -0.2) is 29.4 Å². The van der Waals surface area contributed by atoms with Crippen LogP contribution in [0.2, 0.25) is 0 Å². The van der Waals surface area contributed by atoms with Gasteiger partial charge in [-0.15, -0.1) is 0 Å². The van der Waals surface area contributed by atoms with Crippen LogP contribution in [0.4, 0.5) is 0 Å². The number of H-pyrrole nitrogens is 1. The third-order valence-corrected chi connectivity index (χ3v) is 3.89. The Kier molecular flexibility index (Phi) is 3.11. The van der Waals surface area contributed by atoms with Gasteiger partial charge in [0.05, 0.1) is 0 Å². The van der Waals surface area contributed by atoms with Crippen molar-refractivity contribution >= 4 is 22.9 Å². The molecule has 1 aliphatic rings. The molecule has 98 valence electrons. The minimum absolute atomic E-state index is 0.783. The number of hydrogen-bond donors (Lipinski definition) is 1. The highest BCUT2D eigenvalue weighted by atomic mass is 16.1. The van der Waals surface area contributed by atoms with Gasteiger partial charge in [-0.25, -0.2) is 0 Å². The Hall–Kier alpha value is -2.03. The monoisotopic (exact) mass is 254 g/mol. The van der Waals surface area contributed by atoms with Crippen LogP contribution < -0.4 is 0 Å². The standard InChI is InChI=1S/C16H18N2O/c1-12-5-4-9-18(11-19)10-8-14-13-6-2-3-7-15(13)17-16(12)14/h2-3,6-7,11,17H,1,4-5,8-10H2. The first-order valence-electron chi connectivity index (χ1n) is 6.76. The van der Waals surface area contributed by atoms with E-state index in [1.165, 1.54) is 16.6 Å². The fourth-order valence-electron chi connectivity index (χ4n) is 2.85. The average Bonchev–Trinajstić information content (AvgIpc) is 2.82. The van der Waals surface area contributed by atoms with E-state index < -0.39 is 0 Å². The van der Waals surface area contributed by atoms with Crippen LogP contribution in [0.25, 0.3) is 16.5 Å². The van der Waals surface area contributed by atoms with Gasteiger partial charge in [-0.3, -0.25) is 4.79 Å². The van der Waals surface area contributed by atoms with Gasteiger partial charge >= 0.3 is 0 Å². The van der Waals surface area contributed by atoms with E-state index in [0.717, 1.165) is 49.9 Å². The van der Waals surface area contributed by atoms with Crippen molar-refractivity contribution < 1.29 is 4.79 Å². The van der Waals surface area contributed by atoms with Crippen molar-refractivity contribution in [2.75, 3.05) is 13.1 Å². The van der Waals surface area contributed by atoms with Gasteiger partial charge in [-0.05, 0) is 36.5 Å². The van der Waals surface area contributed by atoms with E-state index in [4.69, 9.17) is 0 Å². The maximum absolute atomic E-state index is 11.0. The summed E-state index contributed by atoms with van der Waals surface area (Å²) < 4.78 is 0. The number of nitrogens with zero attached hydrogens (tertiary/aromatic N) is 1. The van der Waals surface area contributed by atoms with Gasteiger partial charge < -0.3 is 9.88 Å². The number of fused-ring (bicyclic) bond motifs is 3. The second-order valence-electron chi connectivity index (χ2n) is 5.12. The van der Waals surface area contributed by atoms with E-state index in [1.54, 1.807) is 0 Å². The second kappa shape index (κ2) is 4.92. The molecule has 1 N–H and O–H groups in total. The largest absolute Gasteiger partial charge is 0.355 e. The lowest BCUT2D eigenvalue weighted by molar-refractivity contribution is -0.118. The minimum atomic E-state index is 0.783. The van der Waals surface area contributed by atoms with Crippen molar-refractivity contribution in [3.63, 3.8) is 0 Å². The molecule has 0 saturated carbocycles. The van der Waals surface area contributed by atoms with Crippen LogP contribution in [0, 0.1) is 0 Å². The average molecular weight is 254 g/mol. The van der Waals surface area contributed by atoms with Crippen molar-refractivity contribution in [1.29, 1.82) is 0 Å². The van der Waals surface area contributed by atoms with E-state index in [0.29, 0.717) is 0 Å². The van der Waals surface area contributed by atoms with Crippen LogP contribution in [-0.2, 0) is 11.2 Å². The number of benzene rings is 1. The number of allylic oxidation sites excluding steroid dienone is 1. The number of para-hydroxylation sites is 1. The molecule has 3 nitrogen and oxygen atoms in total. The highest BCUT2D eigenvalue weighted by Gasteiger charge is 2.16. The highest BCUT2D eigenvalue weighted by molar-refractivity contribution is 5.89. The molecular weight excluding hydrogens is 236 g/mol. The zero-order chi connectivity index (χ0) is 13.2. The quantitative estimate of drug-likeness (QED) is 0.780. The number of rotatable bonds is 1. The zero-order valence-electron chi connectivity index (χ0n) is 11.0. The summed E-state index contributed by atoms with van der Waals surface area (Å²) in [7, 11) is 0.